The zero-order valence-corrected chi connectivity index (χ0v) is 22.9. The molecule has 30 heavy (non-hydrogen) atoms. The summed E-state index contributed by atoms with van der Waals surface area (Å²) >= 11 is 0. The van der Waals surface area contributed by atoms with E-state index >= 15 is 0 Å². The Labute approximate surface area is 189 Å². The molecule has 0 aliphatic heterocycles. The molecule has 4 heteroatoms. The minimum absolute atomic E-state index is 0.00407. The van der Waals surface area contributed by atoms with Gasteiger partial charge in [-0.15, -0.1) is 13.2 Å². The molecule has 178 valence electrons. The van der Waals surface area contributed by atoms with E-state index < -0.39 is 10.1 Å². The van der Waals surface area contributed by atoms with Gasteiger partial charge in [-0.2, -0.15) is 8.42 Å². The van der Waals surface area contributed by atoms with Crippen LogP contribution < -0.4 is 0 Å². The highest BCUT2D eigenvalue weighted by atomic mass is 32.2. The van der Waals surface area contributed by atoms with Crippen LogP contribution in [0.4, 0.5) is 0 Å². The summed E-state index contributed by atoms with van der Waals surface area (Å²) in [6.45, 7) is 31.9. The Morgan fingerprint density at radius 2 is 1.20 bits per heavy atom. The lowest BCUT2D eigenvalue weighted by atomic mass is 10.1. The topological polar surface area (TPSA) is 54.4 Å². The predicted octanol–water partition coefficient (Wildman–Crippen LogP) is 9.05. The third-order valence-corrected chi connectivity index (χ3v) is 4.32. The number of rotatable bonds is 3. The van der Waals surface area contributed by atoms with Crippen LogP contribution in [-0.2, 0) is 10.1 Å². The molecule has 0 atom stereocenters. The SMILES string of the molecule is C=C.CC.CC.CC.CC/C(C)=C\C=C(C)C.Cc1cc(C)c(S(=O)(=O)O)cc1C. The molecule has 0 heterocycles. The van der Waals surface area contributed by atoms with Gasteiger partial charge in [-0.05, 0) is 70.7 Å². The van der Waals surface area contributed by atoms with Crippen molar-refractivity contribution in [1.82, 2.24) is 0 Å². The summed E-state index contributed by atoms with van der Waals surface area (Å²) in [7, 11) is -4.07. The van der Waals surface area contributed by atoms with E-state index in [1.807, 2.05) is 55.4 Å². The van der Waals surface area contributed by atoms with Crippen molar-refractivity contribution in [3.05, 3.63) is 65.3 Å². The van der Waals surface area contributed by atoms with E-state index in [0.717, 1.165) is 17.5 Å². The molecule has 0 unspecified atom stereocenters. The number of hydrogen-bond acceptors (Lipinski definition) is 2. The van der Waals surface area contributed by atoms with E-state index in [4.69, 9.17) is 4.55 Å². The highest BCUT2D eigenvalue weighted by molar-refractivity contribution is 7.85. The van der Waals surface area contributed by atoms with E-state index in [1.165, 1.54) is 17.2 Å². The molecule has 0 bridgehead atoms. The molecule has 1 N–H and O–H groups in total. The molecule has 0 fully saturated rings. The maximum atomic E-state index is 10.9. The normalized spacial score (nSPS) is 9.20. The van der Waals surface area contributed by atoms with E-state index in [2.05, 4.69) is 53.0 Å². The van der Waals surface area contributed by atoms with Gasteiger partial charge in [0, 0.05) is 0 Å². The molecule has 3 nitrogen and oxygen atoms in total. The molecule has 1 rings (SSSR count). The fourth-order valence-corrected chi connectivity index (χ4v) is 2.43. The molecular formula is C26H50O3S. The van der Waals surface area contributed by atoms with Crippen molar-refractivity contribution in [2.45, 2.75) is 101 Å². The number of hydrogen-bond donors (Lipinski definition) is 1. The van der Waals surface area contributed by atoms with Gasteiger partial charge in [-0.1, -0.05) is 77.8 Å². The quantitative estimate of drug-likeness (QED) is 0.288. The van der Waals surface area contributed by atoms with Gasteiger partial charge in [0.05, 0.1) is 4.90 Å². The number of aryl methyl sites for hydroxylation is 3. The summed E-state index contributed by atoms with van der Waals surface area (Å²) in [5, 5.41) is 0. The summed E-state index contributed by atoms with van der Waals surface area (Å²) in [4.78, 5) is -0.00407. The van der Waals surface area contributed by atoms with E-state index in [0.29, 0.717) is 5.56 Å². The van der Waals surface area contributed by atoms with Gasteiger partial charge < -0.3 is 0 Å². The molecule has 0 saturated heterocycles. The van der Waals surface area contributed by atoms with E-state index in [1.54, 1.807) is 13.0 Å². The molecule has 0 aliphatic carbocycles. The van der Waals surface area contributed by atoms with Crippen molar-refractivity contribution in [3.63, 3.8) is 0 Å². The summed E-state index contributed by atoms with van der Waals surface area (Å²) in [6, 6.07) is 3.23. The monoisotopic (exact) mass is 442 g/mol. The second-order valence-electron chi connectivity index (χ2n) is 5.79. The van der Waals surface area contributed by atoms with Crippen molar-refractivity contribution in [2.24, 2.45) is 0 Å². The van der Waals surface area contributed by atoms with Crippen molar-refractivity contribution in [3.8, 4) is 0 Å². The minimum atomic E-state index is -4.07. The second-order valence-corrected chi connectivity index (χ2v) is 7.18. The van der Waals surface area contributed by atoms with Crippen LogP contribution in [0.15, 0.2) is 53.5 Å². The van der Waals surface area contributed by atoms with Gasteiger partial charge in [-0.3, -0.25) is 4.55 Å². The molecule has 0 radical (unpaired) electrons. The van der Waals surface area contributed by atoms with Gasteiger partial charge in [0.25, 0.3) is 10.1 Å². The Morgan fingerprint density at radius 1 is 0.833 bits per heavy atom. The predicted molar refractivity (Wildman–Crippen MR) is 139 cm³/mol. The summed E-state index contributed by atoms with van der Waals surface area (Å²) in [5.74, 6) is 0. The zero-order chi connectivity index (χ0) is 25.5. The average molecular weight is 443 g/mol. The van der Waals surface area contributed by atoms with E-state index in [-0.39, 0.29) is 4.90 Å². The summed E-state index contributed by atoms with van der Waals surface area (Å²) in [6.07, 6.45) is 5.48. The number of allylic oxidation sites excluding steroid dienone is 4. The molecule has 0 spiro atoms. The average Bonchev–Trinajstić information content (AvgIpc) is 2.74. The zero-order valence-electron chi connectivity index (χ0n) is 22.1. The lowest BCUT2D eigenvalue weighted by Crippen LogP contribution is -2.02. The van der Waals surface area contributed by atoms with Gasteiger partial charge in [0.1, 0.15) is 0 Å². The standard InChI is InChI=1S/C9H12O3S.C9H16.3C2H6.C2H4/c1-6-4-8(3)9(5-7(6)2)13(10,11)12;1-5-9(4)7-6-8(2)3;4*1-2/h4-5H,1-3H3,(H,10,11,12);6-7H,5H2,1-4H3;3*1-2H3;1-2H2/b;9-7-;;;;. The second kappa shape index (κ2) is 25.4. The summed E-state index contributed by atoms with van der Waals surface area (Å²) < 4.78 is 30.6. The smallest absolute Gasteiger partial charge is 0.282 e. The van der Waals surface area contributed by atoms with Crippen molar-refractivity contribution < 1.29 is 13.0 Å². The molecule has 0 aromatic heterocycles. The van der Waals surface area contributed by atoms with Crippen LogP contribution in [0.25, 0.3) is 0 Å². The molecule has 1 aromatic carbocycles. The lowest BCUT2D eigenvalue weighted by molar-refractivity contribution is 0.482. The maximum Gasteiger partial charge on any atom is 0.294 e. The highest BCUT2D eigenvalue weighted by Gasteiger charge is 2.13. The van der Waals surface area contributed by atoms with Gasteiger partial charge in [-0.25, -0.2) is 0 Å². The van der Waals surface area contributed by atoms with Crippen molar-refractivity contribution in [2.75, 3.05) is 0 Å². The molecule has 1 aromatic rings. The molecule has 0 amide bonds. The van der Waals surface area contributed by atoms with Crippen LogP contribution in [0.3, 0.4) is 0 Å². The van der Waals surface area contributed by atoms with E-state index in [9.17, 15) is 8.42 Å². The Balaban J connectivity index is -0.000000107. The summed E-state index contributed by atoms with van der Waals surface area (Å²) in [5.41, 5.74) is 5.26. The Bertz CT molecular complexity index is 678. The Kier molecular flexibility index (Phi) is 32.9. The first-order valence-electron chi connectivity index (χ1n) is 10.8. The van der Waals surface area contributed by atoms with Crippen LogP contribution in [0.2, 0.25) is 0 Å². The fourth-order valence-electron chi connectivity index (χ4n) is 1.64. The first kappa shape index (κ1) is 38.9. The van der Waals surface area contributed by atoms with Crippen LogP contribution in [0, 0.1) is 20.8 Å². The van der Waals surface area contributed by atoms with Crippen LogP contribution in [-0.4, -0.2) is 13.0 Å². The van der Waals surface area contributed by atoms with Crippen LogP contribution in [0.5, 0.6) is 0 Å². The van der Waals surface area contributed by atoms with Crippen LogP contribution in [0.1, 0.15) is 92.3 Å². The van der Waals surface area contributed by atoms with Crippen LogP contribution >= 0.6 is 0 Å². The fraction of sp³-hybridized carbons (Fsp3) is 0.538. The molecular weight excluding hydrogens is 392 g/mol. The third kappa shape index (κ3) is 22.6. The van der Waals surface area contributed by atoms with Gasteiger partial charge in [0.15, 0.2) is 0 Å². The highest BCUT2D eigenvalue weighted by Crippen LogP contribution is 2.19. The first-order valence-corrected chi connectivity index (χ1v) is 12.3. The Hall–Kier alpha value is -1.65. The molecule has 0 saturated carbocycles. The minimum Gasteiger partial charge on any atom is -0.282 e. The van der Waals surface area contributed by atoms with Gasteiger partial charge >= 0.3 is 0 Å². The molecule has 0 aliphatic rings. The maximum absolute atomic E-state index is 10.9. The largest absolute Gasteiger partial charge is 0.294 e. The lowest BCUT2D eigenvalue weighted by Gasteiger charge is -2.06. The Morgan fingerprint density at radius 3 is 1.50 bits per heavy atom. The van der Waals surface area contributed by atoms with Gasteiger partial charge in [0.2, 0.25) is 0 Å². The first-order chi connectivity index (χ1) is 14.0. The van der Waals surface area contributed by atoms with Crippen molar-refractivity contribution >= 4 is 10.1 Å². The van der Waals surface area contributed by atoms with Crippen molar-refractivity contribution in [1.29, 1.82) is 0 Å². The third-order valence-electron chi connectivity index (χ3n) is 3.33. The number of benzene rings is 1.